The smallest absolute Gasteiger partial charge is 0.407 e. The van der Waals surface area contributed by atoms with Crippen LogP contribution in [0.1, 0.15) is 18.4 Å². The van der Waals surface area contributed by atoms with Crippen LogP contribution in [-0.2, 0) is 20.9 Å². The third-order valence-corrected chi connectivity index (χ3v) is 3.45. The number of carbonyl (C=O) groups is 3. The Morgan fingerprint density at radius 1 is 1.27 bits per heavy atom. The van der Waals surface area contributed by atoms with Gasteiger partial charge in [0.05, 0.1) is 0 Å². The Morgan fingerprint density at radius 2 is 2.00 bits per heavy atom. The van der Waals surface area contributed by atoms with Crippen LogP contribution in [0.4, 0.5) is 4.79 Å². The molecule has 0 spiro atoms. The van der Waals surface area contributed by atoms with Gasteiger partial charge in [0.2, 0.25) is 5.91 Å². The number of nitrogens with zero attached hydrogens (tertiary/aromatic N) is 1. The molecule has 0 unspecified atom stereocenters. The van der Waals surface area contributed by atoms with E-state index in [0.717, 1.165) is 5.56 Å². The predicted octanol–water partition coefficient (Wildman–Crippen LogP) is 0.988. The number of nitrogens with one attached hydrogen (secondary N) is 1. The molecule has 1 aliphatic heterocycles. The second-order valence-corrected chi connectivity index (χ2v) is 5.00. The number of ether oxygens (including phenoxy) is 1. The summed E-state index contributed by atoms with van der Waals surface area (Å²) in [6, 6.07) is 8.37. The lowest BCUT2D eigenvalue weighted by Crippen LogP contribution is -2.45. The fourth-order valence-corrected chi connectivity index (χ4v) is 2.35. The SMILES string of the molecule is O=C(NCC(=O)N1CCC[C@@H]1C(=O)O)OCc1ccccc1. The summed E-state index contributed by atoms with van der Waals surface area (Å²) in [6.45, 7) is 0.246. The second-order valence-electron chi connectivity index (χ2n) is 5.00. The summed E-state index contributed by atoms with van der Waals surface area (Å²) in [7, 11) is 0. The van der Waals surface area contributed by atoms with Crippen molar-refractivity contribution < 1.29 is 24.2 Å². The van der Waals surface area contributed by atoms with Crippen molar-refractivity contribution in [2.45, 2.75) is 25.5 Å². The van der Waals surface area contributed by atoms with Gasteiger partial charge in [0.15, 0.2) is 0 Å². The zero-order valence-electron chi connectivity index (χ0n) is 12.0. The molecule has 7 heteroatoms. The van der Waals surface area contributed by atoms with Gasteiger partial charge in [0.1, 0.15) is 19.2 Å². The number of likely N-dealkylation sites (tertiary alicyclic amines) is 1. The number of carboxylic acid groups (broad SMARTS) is 1. The molecule has 7 nitrogen and oxygen atoms in total. The van der Waals surface area contributed by atoms with Crippen molar-refractivity contribution in [2.75, 3.05) is 13.1 Å². The van der Waals surface area contributed by atoms with Crippen LogP contribution in [0.2, 0.25) is 0 Å². The quantitative estimate of drug-likeness (QED) is 0.845. The number of carbonyl (C=O) groups excluding carboxylic acids is 2. The summed E-state index contributed by atoms with van der Waals surface area (Å²) >= 11 is 0. The van der Waals surface area contributed by atoms with E-state index in [9.17, 15) is 14.4 Å². The molecule has 1 saturated heterocycles. The van der Waals surface area contributed by atoms with E-state index >= 15 is 0 Å². The van der Waals surface area contributed by atoms with Crippen LogP contribution in [-0.4, -0.2) is 47.1 Å². The highest BCUT2D eigenvalue weighted by Crippen LogP contribution is 2.17. The molecule has 118 valence electrons. The Bertz CT molecular complexity index is 546. The highest BCUT2D eigenvalue weighted by molar-refractivity contribution is 5.87. The Labute approximate surface area is 127 Å². The number of carboxylic acids is 1. The number of hydrogen-bond acceptors (Lipinski definition) is 4. The Morgan fingerprint density at radius 3 is 2.68 bits per heavy atom. The van der Waals surface area contributed by atoms with Gasteiger partial charge in [-0.1, -0.05) is 30.3 Å². The average Bonchev–Trinajstić information content (AvgIpc) is 3.01. The van der Waals surface area contributed by atoms with Crippen LogP contribution >= 0.6 is 0 Å². The van der Waals surface area contributed by atoms with Crippen molar-refractivity contribution >= 4 is 18.0 Å². The van der Waals surface area contributed by atoms with Crippen LogP contribution in [0.25, 0.3) is 0 Å². The molecule has 22 heavy (non-hydrogen) atoms. The molecule has 2 amide bonds. The first kappa shape index (κ1) is 15.8. The Hall–Kier alpha value is -2.57. The summed E-state index contributed by atoms with van der Waals surface area (Å²) < 4.78 is 4.98. The predicted molar refractivity (Wildman–Crippen MR) is 77.0 cm³/mol. The second kappa shape index (κ2) is 7.44. The van der Waals surface area contributed by atoms with Crippen LogP contribution in [0, 0.1) is 0 Å². The zero-order chi connectivity index (χ0) is 15.9. The molecule has 1 heterocycles. The summed E-state index contributed by atoms with van der Waals surface area (Å²) in [5.74, 6) is -1.43. The molecule has 0 radical (unpaired) electrons. The molecule has 1 aromatic rings. The van der Waals surface area contributed by atoms with Crippen molar-refractivity contribution in [1.29, 1.82) is 0 Å². The van der Waals surface area contributed by atoms with E-state index in [1.165, 1.54) is 4.90 Å². The molecule has 0 aliphatic carbocycles. The molecule has 1 aromatic carbocycles. The van der Waals surface area contributed by atoms with Gasteiger partial charge in [0, 0.05) is 6.54 Å². The van der Waals surface area contributed by atoms with E-state index in [1.807, 2.05) is 30.3 Å². The molecule has 0 aromatic heterocycles. The monoisotopic (exact) mass is 306 g/mol. The van der Waals surface area contributed by atoms with Crippen LogP contribution in [0.15, 0.2) is 30.3 Å². The largest absolute Gasteiger partial charge is 0.480 e. The summed E-state index contributed by atoms with van der Waals surface area (Å²) in [5.41, 5.74) is 0.842. The van der Waals surface area contributed by atoms with E-state index in [0.29, 0.717) is 19.4 Å². The minimum atomic E-state index is -1.02. The van der Waals surface area contributed by atoms with Gasteiger partial charge in [0.25, 0.3) is 0 Å². The highest BCUT2D eigenvalue weighted by Gasteiger charge is 2.33. The number of amides is 2. The van der Waals surface area contributed by atoms with Crippen molar-refractivity contribution in [3.63, 3.8) is 0 Å². The third kappa shape index (κ3) is 4.21. The van der Waals surface area contributed by atoms with E-state index in [1.54, 1.807) is 0 Å². The molecular weight excluding hydrogens is 288 g/mol. The molecular formula is C15H18N2O5. The fraction of sp³-hybridized carbons (Fsp3) is 0.400. The van der Waals surface area contributed by atoms with Crippen molar-refractivity contribution in [3.05, 3.63) is 35.9 Å². The van der Waals surface area contributed by atoms with Gasteiger partial charge in [-0.2, -0.15) is 0 Å². The Kier molecular flexibility index (Phi) is 5.35. The number of hydrogen-bond donors (Lipinski definition) is 2. The van der Waals surface area contributed by atoms with Gasteiger partial charge in [-0.15, -0.1) is 0 Å². The number of aliphatic carboxylic acids is 1. The summed E-state index contributed by atoms with van der Waals surface area (Å²) in [5, 5.41) is 11.4. The molecule has 2 N–H and O–H groups in total. The van der Waals surface area contributed by atoms with E-state index in [2.05, 4.69) is 5.32 Å². The first-order chi connectivity index (χ1) is 10.6. The molecule has 1 fully saturated rings. The highest BCUT2D eigenvalue weighted by atomic mass is 16.5. The van der Waals surface area contributed by atoms with Gasteiger partial charge >= 0.3 is 12.1 Å². The Balaban J connectivity index is 1.74. The normalized spacial score (nSPS) is 17.1. The van der Waals surface area contributed by atoms with Crippen LogP contribution in [0.3, 0.4) is 0 Å². The van der Waals surface area contributed by atoms with Crippen LogP contribution in [0.5, 0.6) is 0 Å². The molecule has 0 bridgehead atoms. The van der Waals surface area contributed by atoms with Gasteiger partial charge in [-0.3, -0.25) is 4.79 Å². The fourth-order valence-electron chi connectivity index (χ4n) is 2.35. The van der Waals surface area contributed by atoms with E-state index in [4.69, 9.17) is 9.84 Å². The molecule has 2 rings (SSSR count). The van der Waals surface area contributed by atoms with Crippen molar-refractivity contribution in [3.8, 4) is 0 Å². The maximum absolute atomic E-state index is 11.9. The van der Waals surface area contributed by atoms with E-state index < -0.39 is 24.0 Å². The molecule has 1 aliphatic rings. The maximum atomic E-state index is 11.9. The standard InChI is InChI=1S/C15H18N2O5/c18-13(17-8-4-7-12(17)14(19)20)9-16-15(21)22-10-11-5-2-1-3-6-11/h1-3,5-6,12H,4,7-10H2,(H,16,21)(H,19,20)/t12-/m1/s1. The minimum absolute atomic E-state index is 0.113. The minimum Gasteiger partial charge on any atom is -0.480 e. The number of benzene rings is 1. The molecule has 1 atom stereocenters. The lowest BCUT2D eigenvalue weighted by molar-refractivity contribution is -0.147. The van der Waals surface area contributed by atoms with Crippen molar-refractivity contribution in [1.82, 2.24) is 10.2 Å². The zero-order valence-corrected chi connectivity index (χ0v) is 12.0. The van der Waals surface area contributed by atoms with Gasteiger partial charge in [-0.05, 0) is 18.4 Å². The topological polar surface area (TPSA) is 95.9 Å². The number of rotatable bonds is 5. The van der Waals surface area contributed by atoms with Crippen molar-refractivity contribution in [2.24, 2.45) is 0 Å². The van der Waals surface area contributed by atoms with E-state index in [-0.39, 0.29) is 13.2 Å². The van der Waals surface area contributed by atoms with Gasteiger partial charge < -0.3 is 20.1 Å². The van der Waals surface area contributed by atoms with Crippen LogP contribution < -0.4 is 5.32 Å². The lowest BCUT2D eigenvalue weighted by Gasteiger charge is -2.21. The first-order valence-corrected chi connectivity index (χ1v) is 7.05. The third-order valence-electron chi connectivity index (χ3n) is 3.45. The lowest BCUT2D eigenvalue weighted by atomic mass is 10.2. The molecule has 0 saturated carbocycles. The number of alkyl carbamates (subject to hydrolysis) is 1. The maximum Gasteiger partial charge on any atom is 0.407 e. The average molecular weight is 306 g/mol. The summed E-state index contributed by atoms with van der Waals surface area (Å²) in [4.78, 5) is 35.7. The van der Waals surface area contributed by atoms with Gasteiger partial charge in [-0.25, -0.2) is 9.59 Å². The summed E-state index contributed by atoms with van der Waals surface area (Å²) in [6.07, 6.45) is 0.393. The first-order valence-electron chi connectivity index (χ1n) is 7.05.